The van der Waals surface area contributed by atoms with Crippen LogP contribution in [-0.2, 0) is 14.3 Å². The number of carboxylic acids is 1. The van der Waals surface area contributed by atoms with Crippen molar-refractivity contribution in [1.82, 2.24) is 10.6 Å². The lowest BCUT2D eigenvalue weighted by Gasteiger charge is -2.14. The number of amides is 2. The van der Waals surface area contributed by atoms with Crippen molar-refractivity contribution < 1.29 is 24.2 Å². The van der Waals surface area contributed by atoms with Crippen molar-refractivity contribution in [2.75, 3.05) is 13.2 Å². The fourth-order valence-corrected chi connectivity index (χ4v) is 3.75. The van der Waals surface area contributed by atoms with Crippen LogP contribution in [0.2, 0.25) is 0 Å². The number of fused-ring (bicyclic) bond motifs is 3. The second-order valence-corrected chi connectivity index (χ2v) is 7.49. The SMILES string of the molecule is O=C(/C=C/CNC(=O)OCC1c2ccccc2-c2ccccc21)NC1(C(=O)O)CC1. The van der Waals surface area contributed by atoms with E-state index in [4.69, 9.17) is 9.84 Å². The third kappa shape index (κ3) is 3.91. The molecule has 2 aromatic carbocycles. The maximum Gasteiger partial charge on any atom is 0.407 e. The number of benzene rings is 2. The molecule has 0 aromatic heterocycles. The molecule has 154 valence electrons. The van der Waals surface area contributed by atoms with Gasteiger partial charge in [-0.3, -0.25) is 4.79 Å². The number of alkyl carbamates (subject to hydrolysis) is 1. The lowest BCUT2D eigenvalue weighted by Crippen LogP contribution is -2.42. The normalized spacial score (nSPS) is 15.9. The molecule has 0 bridgehead atoms. The Balaban J connectivity index is 1.27. The minimum atomic E-state index is -1.12. The lowest BCUT2D eigenvalue weighted by atomic mass is 9.98. The Morgan fingerprint density at radius 3 is 2.20 bits per heavy atom. The molecule has 4 rings (SSSR count). The van der Waals surface area contributed by atoms with E-state index in [0.29, 0.717) is 12.8 Å². The van der Waals surface area contributed by atoms with Gasteiger partial charge in [-0.05, 0) is 35.1 Å². The first-order chi connectivity index (χ1) is 14.5. The van der Waals surface area contributed by atoms with Gasteiger partial charge in [0.2, 0.25) is 5.91 Å². The molecule has 0 aliphatic heterocycles. The summed E-state index contributed by atoms with van der Waals surface area (Å²) in [6.45, 7) is 0.315. The Morgan fingerprint density at radius 1 is 1.03 bits per heavy atom. The van der Waals surface area contributed by atoms with Gasteiger partial charge in [0.05, 0.1) is 0 Å². The van der Waals surface area contributed by atoms with Crippen molar-refractivity contribution in [2.45, 2.75) is 24.3 Å². The number of carboxylic acid groups (broad SMARTS) is 1. The number of aliphatic carboxylic acids is 1. The average molecular weight is 406 g/mol. The van der Waals surface area contributed by atoms with Crippen LogP contribution in [0.15, 0.2) is 60.7 Å². The van der Waals surface area contributed by atoms with Gasteiger partial charge in [-0.25, -0.2) is 9.59 Å². The quantitative estimate of drug-likeness (QED) is 0.614. The highest BCUT2D eigenvalue weighted by molar-refractivity contribution is 5.94. The summed E-state index contributed by atoms with van der Waals surface area (Å²) in [5.74, 6) is -1.54. The molecule has 2 aliphatic carbocycles. The standard InChI is InChI=1S/C23H22N2O5/c26-20(25-23(11-12-23)21(27)28)10-5-13-24-22(29)30-14-19-17-8-3-1-6-15(17)16-7-2-4-9-18(16)19/h1-10,19H,11-14H2,(H,24,29)(H,25,26)(H,27,28)/b10-5+. The molecule has 0 unspecified atom stereocenters. The van der Waals surface area contributed by atoms with E-state index in [1.54, 1.807) is 0 Å². The minimum Gasteiger partial charge on any atom is -0.480 e. The molecule has 2 aromatic rings. The van der Waals surface area contributed by atoms with Crippen LogP contribution >= 0.6 is 0 Å². The van der Waals surface area contributed by atoms with Crippen molar-refractivity contribution >= 4 is 18.0 Å². The average Bonchev–Trinajstić information content (AvgIpc) is 3.46. The zero-order valence-corrected chi connectivity index (χ0v) is 16.3. The summed E-state index contributed by atoms with van der Waals surface area (Å²) in [5, 5.41) is 14.1. The molecule has 1 saturated carbocycles. The number of ether oxygens (including phenoxy) is 1. The van der Waals surface area contributed by atoms with Crippen LogP contribution < -0.4 is 10.6 Å². The fraction of sp³-hybridized carbons (Fsp3) is 0.261. The first-order valence-corrected chi connectivity index (χ1v) is 9.81. The van der Waals surface area contributed by atoms with Crippen molar-refractivity contribution in [3.8, 4) is 11.1 Å². The monoisotopic (exact) mass is 406 g/mol. The summed E-state index contributed by atoms with van der Waals surface area (Å²) in [5.41, 5.74) is 3.46. The Morgan fingerprint density at radius 2 is 1.63 bits per heavy atom. The van der Waals surface area contributed by atoms with Crippen molar-refractivity contribution in [3.63, 3.8) is 0 Å². The van der Waals surface area contributed by atoms with Crippen molar-refractivity contribution in [1.29, 1.82) is 0 Å². The van der Waals surface area contributed by atoms with E-state index in [2.05, 4.69) is 22.8 Å². The largest absolute Gasteiger partial charge is 0.480 e. The van der Waals surface area contributed by atoms with Gasteiger partial charge in [0.15, 0.2) is 0 Å². The first kappa shape index (κ1) is 19.7. The van der Waals surface area contributed by atoms with E-state index in [1.165, 1.54) is 12.2 Å². The fourth-order valence-electron chi connectivity index (χ4n) is 3.75. The maximum atomic E-state index is 12.1. The Bertz CT molecular complexity index is 980. The van der Waals surface area contributed by atoms with Crippen LogP contribution in [-0.4, -0.2) is 41.8 Å². The highest BCUT2D eigenvalue weighted by atomic mass is 16.5. The van der Waals surface area contributed by atoms with E-state index in [-0.39, 0.29) is 19.1 Å². The topological polar surface area (TPSA) is 105 Å². The molecule has 3 N–H and O–H groups in total. The summed E-state index contributed by atoms with van der Waals surface area (Å²) in [7, 11) is 0. The van der Waals surface area contributed by atoms with Crippen LogP contribution in [0.4, 0.5) is 4.79 Å². The van der Waals surface area contributed by atoms with Gasteiger partial charge in [-0.2, -0.15) is 0 Å². The molecule has 7 heteroatoms. The molecule has 0 heterocycles. The Kier molecular flexibility index (Phi) is 5.27. The van der Waals surface area contributed by atoms with Crippen LogP contribution in [0.1, 0.15) is 29.9 Å². The zero-order chi connectivity index (χ0) is 21.1. The zero-order valence-electron chi connectivity index (χ0n) is 16.3. The maximum absolute atomic E-state index is 12.1. The summed E-state index contributed by atoms with van der Waals surface area (Å²) >= 11 is 0. The molecule has 0 saturated heterocycles. The molecule has 1 fully saturated rings. The summed E-state index contributed by atoms with van der Waals surface area (Å²) in [6, 6.07) is 16.2. The predicted molar refractivity (Wildman–Crippen MR) is 110 cm³/mol. The number of hydrogen-bond donors (Lipinski definition) is 3. The van der Waals surface area contributed by atoms with E-state index < -0.39 is 23.5 Å². The predicted octanol–water partition coefficient (Wildman–Crippen LogP) is 2.81. The summed E-state index contributed by atoms with van der Waals surface area (Å²) in [4.78, 5) is 34.9. The van der Waals surface area contributed by atoms with Crippen molar-refractivity contribution in [3.05, 3.63) is 71.8 Å². The van der Waals surface area contributed by atoms with Crippen LogP contribution in [0.25, 0.3) is 11.1 Å². The van der Waals surface area contributed by atoms with E-state index in [0.717, 1.165) is 22.3 Å². The third-order valence-electron chi connectivity index (χ3n) is 5.50. The second-order valence-electron chi connectivity index (χ2n) is 7.49. The number of rotatable bonds is 7. The minimum absolute atomic E-state index is 0.0183. The van der Waals surface area contributed by atoms with Gasteiger partial charge in [0, 0.05) is 18.5 Å². The van der Waals surface area contributed by atoms with Gasteiger partial charge < -0.3 is 20.5 Å². The van der Waals surface area contributed by atoms with Crippen LogP contribution in [0, 0.1) is 0 Å². The summed E-state index contributed by atoms with van der Waals surface area (Å²) < 4.78 is 5.41. The summed E-state index contributed by atoms with van der Waals surface area (Å²) in [6.07, 6.45) is 2.95. The molecule has 0 radical (unpaired) electrons. The van der Waals surface area contributed by atoms with Gasteiger partial charge in [0.25, 0.3) is 0 Å². The van der Waals surface area contributed by atoms with Crippen LogP contribution in [0.3, 0.4) is 0 Å². The highest BCUT2D eigenvalue weighted by Crippen LogP contribution is 2.44. The number of nitrogens with one attached hydrogen (secondary N) is 2. The van der Waals surface area contributed by atoms with E-state index in [9.17, 15) is 14.4 Å². The van der Waals surface area contributed by atoms with Crippen molar-refractivity contribution in [2.24, 2.45) is 0 Å². The van der Waals surface area contributed by atoms with Gasteiger partial charge in [-0.15, -0.1) is 0 Å². The first-order valence-electron chi connectivity index (χ1n) is 9.81. The van der Waals surface area contributed by atoms with E-state index in [1.807, 2.05) is 36.4 Å². The molecule has 0 spiro atoms. The molecule has 30 heavy (non-hydrogen) atoms. The second kappa shape index (κ2) is 8.02. The number of hydrogen-bond acceptors (Lipinski definition) is 4. The van der Waals surface area contributed by atoms with E-state index >= 15 is 0 Å². The molecule has 7 nitrogen and oxygen atoms in total. The molecular formula is C23H22N2O5. The highest BCUT2D eigenvalue weighted by Gasteiger charge is 2.51. The van der Waals surface area contributed by atoms with Crippen LogP contribution in [0.5, 0.6) is 0 Å². The number of carbonyl (C=O) groups excluding carboxylic acids is 2. The van der Waals surface area contributed by atoms with Gasteiger partial charge in [-0.1, -0.05) is 54.6 Å². The lowest BCUT2D eigenvalue weighted by molar-refractivity contribution is -0.142. The molecular weight excluding hydrogens is 384 g/mol. The third-order valence-corrected chi connectivity index (χ3v) is 5.50. The smallest absolute Gasteiger partial charge is 0.407 e. The molecule has 2 amide bonds. The molecule has 2 aliphatic rings. The number of carbonyl (C=O) groups is 3. The van der Waals surface area contributed by atoms with Gasteiger partial charge in [0.1, 0.15) is 12.1 Å². The Hall–Kier alpha value is -3.61. The molecule has 0 atom stereocenters. The van der Waals surface area contributed by atoms with Gasteiger partial charge >= 0.3 is 12.1 Å². The Labute approximate surface area is 173 Å².